The number of hydrogen-bond donors (Lipinski definition) is 2. The van der Waals surface area contributed by atoms with Crippen molar-refractivity contribution in [3.8, 4) is 5.75 Å². The van der Waals surface area contributed by atoms with Crippen LogP contribution in [0, 0.1) is 0 Å². The van der Waals surface area contributed by atoms with Crippen molar-refractivity contribution in [2.24, 2.45) is 0 Å². The number of nitrogens with one attached hydrogen (secondary N) is 1. The number of carbonyl (C=O) groups excluding carboxylic acids is 1. The lowest BCUT2D eigenvalue weighted by Gasteiger charge is -2.05. The Balaban J connectivity index is 2.19. The fraction of sp³-hybridized carbons (Fsp3) is 0. The number of aromatic nitrogens is 1. The average molecular weight is 372 g/mol. The van der Waals surface area contributed by atoms with Gasteiger partial charge < -0.3 is 10.4 Å². The van der Waals surface area contributed by atoms with Crippen LogP contribution in [-0.2, 0) is 0 Å². The lowest BCUT2D eigenvalue weighted by molar-refractivity contribution is 0.102. The van der Waals surface area contributed by atoms with Crippen LogP contribution in [0.4, 0.5) is 5.82 Å². The highest BCUT2D eigenvalue weighted by molar-refractivity contribution is 9.10. The molecule has 2 N–H and O–H groups in total. The van der Waals surface area contributed by atoms with Gasteiger partial charge in [0.2, 0.25) is 0 Å². The Morgan fingerprint density at radius 1 is 1.22 bits per heavy atom. The Kier molecular flexibility index (Phi) is 3.98. The summed E-state index contributed by atoms with van der Waals surface area (Å²) in [6.45, 7) is 0. The van der Waals surface area contributed by atoms with Crippen molar-refractivity contribution in [1.82, 2.24) is 4.98 Å². The van der Waals surface area contributed by atoms with Gasteiger partial charge in [0.25, 0.3) is 5.91 Å². The summed E-state index contributed by atoms with van der Waals surface area (Å²) in [6.07, 6.45) is 1.58. The highest BCUT2D eigenvalue weighted by atomic mass is 79.9. The largest absolute Gasteiger partial charge is 0.507 e. The third kappa shape index (κ3) is 3.08. The van der Waals surface area contributed by atoms with Crippen LogP contribution in [-0.4, -0.2) is 16.0 Å². The molecule has 0 atom stereocenters. The second kappa shape index (κ2) is 5.49. The van der Waals surface area contributed by atoms with E-state index < -0.39 is 0 Å². The highest BCUT2D eigenvalue weighted by Crippen LogP contribution is 2.24. The lowest BCUT2D eigenvalue weighted by atomic mass is 10.2. The van der Waals surface area contributed by atoms with Gasteiger partial charge in [-0.1, -0.05) is 15.9 Å². The molecule has 18 heavy (non-hydrogen) atoms. The number of hydrogen-bond acceptors (Lipinski definition) is 3. The number of carbonyl (C=O) groups is 1. The van der Waals surface area contributed by atoms with Crippen LogP contribution in [0.3, 0.4) is 0 Å². The summed E-state index contributed by atoms with van der Waals surface area (Å²) < 4.78 is 1.37. The molecular formula is C12H8Br2N2O2. The minimum Gasteiger partial charge on any atom is -0.507 e. The summed E-state index contributed by atoms with van der Waals surface area (Å²) in [6, 6.07) is 8.06. The fourth-order valence-corrected chi connectivity index (χ4v) is 1.90. The van der Waals surface area contributed by atoms with Gasteiger partial charge >= 0.3 is 0 Å². The van der Waals surface area contributed by atoms with Crippen LogP contribution in [0.5, 0.6) is 5.75 Å². The number of halogens is 2. The number of anilines is 1. The summed E-state index contributed by atoms with van der Waals surface area (Å²) in [4.78, 5) is 15.9. The minimum atomic E-state index is -0.330. The Morgan fingerprint density at radius 3 is 2.67 bits per heavy atom. The Labute approximate surface area is 120 Å². The van der Waals surface area contributed by atoms with Crippen molar-refractivity contribution < 1.29 is 9.90 Å². The van der Waals surface area contributed by atoms with E-state index in [1.54, 1.807) is 30.5 Å². The molecule has 2 aromatic rings. The number of phenolic OH excluding ortho intramolecular Hbond substituents is 1. The molecule has 6 heteroatoms. The number of phenols is 1. The van der Waals surface area contributed by atoms with E-state index in [1.807, 2.05) is 0 Å². The summed E-state index contributed by atoms with van der Waals surface area (Å²) >= 11 is 6.45. The highest BCUT2D eigenvalue weighted by Gasteiger charge is 2.09. The normalized spacial score (nSPS) is 10.1. The van der Waals surface area contributed by atoms with Crippen molar-refractivity contribution in [2.45, 2.75) is 0 Å². The van der Waals surface area contributed by atoms with Crippen molar-refractivity contribution in [3.63, 3.8) is 0 Å². The summed E-state index contributed by atoms with van der Waals surface area (Å²) in [5.74, 6) is 0.130. The number of rotatable bonds is 2. The predicted octanol–water partition coefficient (Wildman–Crippen LogP) is 3.56. The minimum absolute atomic E-state index is 0.0184. The lowest BCUT2D eigenvalue weighted by Crippen LogP contribution is -2.12. The Bertz CT molecular complexity index is 602. The zero-order chi connectivity index (χ0) is 13.1. The Hall–Kier alpha value is -1.40. The summed E-state index contributed by atoms with van der Waals surface area (Å²) in [5, 5.41) is 12.1. The van der Waals surface area contributed by atoms with E-state index in [1.165, 1.54) is 6.07 Å². The second-order valence-electron chi connectivity index (χ2n) is 3.48. The predicted molar refractivity (Wildman–Crippen MR) is 75.7 cm³/mol. The summed E-state index contributed by atoms with van der Waals surface area (Å²) in [5.41, 5.74) is 0.359. The molecule has 0 radical (unpaired) electrons. The van der Waals surface area contributed by atoms with E-state index in [-0.39, 0.29) is 11.7 Å². The molecule has 0 saturated carbocycles. The molecule has 1 amide bonds. The van der Waals surface area contributed by atoms with Gasteiger partial charge in [0, 0.05) is 16.2 Å². The van der Waals surface area contributed by atoms with Crippen molar-refractivity contribution in [2.75, 3.05) is 5.32 Å². The molecule has 0 saturated heterocycles. The number of aromatic hydroxyl groups is 1. The monoisotopic (exact) mass is 370 g/mol. The van der Waals surface area contributed by atoms with Gasteiger partial charge in [-0.3, -0.25) is 4.79 Å². The standard InChI is InChI=1S/C12H8Br2N2O2/c13-8-3-4-15-11(6-8)16-12(18)7-1-2-9(14)10(17)5-7/h1-6,17H,(H,15,16,18). The molecule has 0 aliphatic heterocycles. The Morgan fingerprint density at radius 2 is 2.00 bits per heavy atom. The molecular weight excluding hydrogens is 364 g/mol. The van der Waals surface area contributed by atoms with E-state index in [0.29, 0.717) is 15.9 Å². The van der Waals surface area contributed by atoms with Crippen LogP contribution >= 0.6 is 31.9 Å². The van der Waals surface area contributed by atoms with Crippen molar-refractivity contribution in [1.29, 1.82) is 0 Å². The van der Waals surface area contributed by atoms with E-state index >= 15 is 0 Å². The molecule has 0 bridgehead atoms. The van der Waals surface area contributed by atoms with Crippen molar-refractivity contribution in [3.05, 3.63) is 51.0 Å². The molecule has 1 heterocycles. The topological polar surface area (TPSA) is 62.2 Å². The first kappa shape index (κ1) is 13.0. The first-order valence-electron chi connectivity index (χ1n) is 4.97. The number of amides is 1. The van der Waals surface area contributed by atoms with Gasteiger partial charge in [0.15, 0.2) is 0 Å². The summed E-state index contributed by atoms with van der Waals surface area (Å²) in [7, 11) is 0. The first-order valence-corrected chi connectivity index (χ1v) is 6.56. The molecule has 1 aromatic carbocycles. The molecule has 4 nitrogen and oxygen atoms in total. The molecule has 0 unspecified atom stereocenters. The van der Waals surface area contributed by atoms with Crippen LogP contribution in [0.15, 0.2) is 45.5 Å². The number of nitrogens with zero attached hydrogens (tertiary/aromatic N) is 1. The molecule has 92 valence electrons. The third-order valence-electron chi connectivity index (χ3n) is 2.17. The van der Waals surface area contributed by atoms with Crippen LogP contribution in [0.2, 0.25) is 0 Å². The molecule has 0 fully saturated rings. The quantitative estimate of drug-likeness (QED) is 0.848. The van der Waals surface area contributed by atoms with E-state index in [0.717, 1.165) is 4.47 Å². The number of pyridine rings is 1. The molecule has 0 aliphatic carbocycles. The molecule has 1 aromatic heterocycles. The smallest absolute Gasteiger partial charge is 0.256 e. The van der Waals surface area contributed by atoms with Crippen LogP contribution in [0.1, 0.15) is 10.4 Å². The fourth-order valence-electron chi connectivity index (χ4n) is 1.32. The maximum atomic E-state index is 11.9. The van der Waals surface area contributed by atoms with E-state index in [4.69, 9.17) is 0 Å². The average Bonchev–Trinajstić information content (AvgIpc) is 2.32. The van der Waals surface area contributed by atoms with Gasteiger partial charge in [-0.25, -0.2) is 4.98 Å². The number of benzene rings is 1. The maximum Gasteiger partial charge on any atom is 0.256 e. The third-order valence-corrected chi connectivity index (χ3v) is 3.34. The van der Waals surface area contributed by atoms with Gasteiger partial charge in [0.05, 0.1) is 4.47 Å². The van der Waals surface area contributed by atoms with Crippen molar-refractivity contribution >= 4 is 43.6 Å². The van der Waals surface area contributed by atoms with Crippen LogP contribution < -0.4 is 5.32 Å². The zero-order valence-corrected chi connectivity index (χ0v) is 12.2. The SMILES string of the molecule is O=C(Nc1cc(Br)ccn1)c1ccc(Br)c(O)c1. The maximum absolute atomic E-state index is 11.9. The van der Waals surface area contributed by atoms with E-state index in [9.17, 15) is 9.90 Å². The van der Waals surface area contributed by atoms with Crippen LogP contribution in [0.25, 0.3) is 0 Å². The second-order valence-corrected chi connectivity index (χ2v) is 5.25. The molecule has 2 rings (SSSR count). The van der Waals surface area contributed by atoms with Gasteiger partial charge in [0.1, 0.15) is 11.6 Å². The van der Waals surface area contributed by atoms with E-state index in [2.05, 4.69) is 42.2 Å². The van der Waals surface area contributed by atoms with Gasteiger partial charge in [-0.15, -0.1) is 0 Å². The van der Waals surface area contributed by atoms with Gasteiger partial charge in [-0.2, -0.15) is 0 Å². The zero-order valence-electron chi connectivity index (χ0n) is 9.02. The molecule has 0 spiro atoms. The van der Waals surface area contributed by atoms with Gasteiger partial charge in [-0.05, 0) is 46.3 Å². The molecule has 0 aliphatic rings. The first-order chi connectivity index (χ1) is 8.56.